The molecule has 2 aromatic carbocycles. The van der Waals surface area contributed by atoms with E-state index in [4.69, 9.17) is 14.5 Å². The second-order valence-corrected chi connectivity index (χ2v) is 8.75. The number of thioether (sulfide) groups is 1. The molecule has 0 unspecified atom stereocenters. The maximum absolute atomic E-state index is 13.2. The maximum atomic E-state index is 13.2. The van der Waals surface area contributed by atoms with Crippen LogP contribution in [0.3, 0.4) is 0 Å². The summed E-state index contributed by atoms with van der Waals surface area (Å²) in [5, 5.41) is 1.44. The summed E-state index contributed by atoms with van der Waals surface area (Å²) in [7, 11) is 0. The lowest BCUT2D eigenvalue weighted by Crippen LogP contribution is -2.37. The monoisotopic (exact) mass is 439 g/mol. The number of hydrogen-bond acceptors (Lipinski definition) is 6. The highest BCUT2D eigenvalue weighted by atomic mass is 32.2. The maximum Gasteiger partial charge on any atom is 0.262 e. The predicted molar refractivity (Wildman–Crippen MR) is 125 cm³/mol. The van der Waals surface area contributed by atoms with Gasteiger partial charge in [-0.2, -0.15) is 0 Å². The Morgan fingerprint density at radius 1 is 1.06 bits per heavy atom. The number of morpholine rings is 1. The van der Waals surface area contributed by atoms with Crippen LogP contribution in [0, 0.1) is 6.92 Å². The molecule has 1 aliphatic heterocycles. The summed E-state index contributed by atoms with van der Waals surface area (Å²) in [5.41, 5.74) is 2.00. The molecule has 0 spiro atoms. The Morgan fingerprint density at radius 2 is 1.84 bits per heavy atom. The minimum Gasteiger partial charge on any atom is -0.493 e. The van der Waals surface area contributed by atoms with Crippen LogP contribution in [-0.4, -0.2) is 59.7 Å². The van der Waals surface area contributed by atoms with Gasteiger partial charge in [0.25, 0.3) is 5.56 Å². The van der Waals surface area contributed by atoms with E-state index in [9.17, 15) is 4.79 Å². The Hall–Kier alpha value is -2.35. The average Bonchev–Trinajstić information content (AvgIpc) is 2.80. The lowest BCUT2D eigenvalue weighted by atomic mass is 10.2. The quantitative estimate of drug-likeness (QED) is 0.289. The second-order valence-electron chi connectivity index (χ2n) is 7.69. The summed E-state index contributed by atoms with van der Waals surface area (Å²) in [6, 6.07) is 15.6. The molecule has 6 nitrogen and oxygen atoms in total. The Morgan fingerprint density at radius 3 is 2.65 bits per heavy atom. The zero-order chi connectivity index (χ0) is 21.5. The van der Waals surface area contributed by atoms with Gasteiger partial charge in [0.05, 0.1) is 30.7 Å². The molecule has 0 amide bonds. The minimum atomic E-state index is 0.0366. The van der Waals surface area contributed by atoms with Crippen molar-refractivity contribution >= 4 is 22.7 Å². The lowest BCUT2D eigenvalue weighted by Gasteiger charge is -2.26. The number of ether oxygens (including phenoxy) is 2. The van der Waals surface area contributed by atoms with Crippen LogP contribution >= 0.6 is 11.8 Å². The van der Waals surface area contributed by atoms with Crippen molar-refractivity contribution in [2.24, 2.45) is 0 Å². The predicted octanol–water partition coefficient (Wildman–Crippen LogP) is 3.60. The number of rotatable bonds is 9. The molecule has 3 aromatic rings. The van der Waals surface area contributed by atoms with Crippen LogP contribution in [0.2, 0.25) is 0 Å². The van der Waals surface area contributed by atoms with Gasteiger partial charge in [-0.15, -0.1) is 0 Å². The summed E-state index contributed by atoms with van der Waals surface area (Å²) in [6.07, 6.45) is 0.910. The highest BCUT2D eigenvalue weighted by Gasteiger charge is 2.13. The fourth-order valence-electron chi connectivity index (χ4n) is 3.66. The van der Waals surface area contributed by atoms with Crippen molar-refractivity contribution in [1.82, 2.24) is 14.5 Å². The molecule has 0 aliphatic carbocycles. The number of aryl methyl sites for hydroxylation is 1. The molecule has 1 fully saturated rings. The number of nitrogens with zero attached hydrogens (tertiary/aromatic N) is 3. The Kier molecular flexibility index (Phi) is 7.61. The number of fused-ring (bicyclic) bond motifs is 1. The molecule has 164 valence electrons. The summed E-state index contributed by atoms with van der Waals surface area (Å²) >= 11 is 1.58. The molecule has 0 atom stereocenters. The minimum absolute atomic E-state index is 0.0366. The van der Waals surface area contributed by atoms with Gasteiger partial charge in [0.1, 0.15) is 5.75 Å². The van der Waals surface area contributed by atoms with Gasteiger partial charge in [-0.25, -0.2) is 4.98 Å². The molecule has 1 aliphatic rings. The third-order valence-electron chi connectivity index (χ3n) is 5.39. The van der Waals surface area contributed by atoms with E-state index < -0.39 is 0 Å². The van der Waals surface area contributed by atoms with E-state index in [-0.39, 0.29) is 5.56 Å². The highest BCUT2D eigenvalue weighted by molar-refractivity contribution is 7.99. The standard InChI is InChI=1S/C24H29N3O3S/c1-19-7-9-20(10-8-19)30-17-18-31-24-25-22-6-3-2-5-21(22)23(28)27(24)12-4-11-26-13-15-29-16-14-26/h2-3,5-10H,4,11-18H2,1H3. The van der Waals surface area contributed by atoms with Gasteiger partial charge in [0.15, 0.2) is 5.16 Å². The van der Waals surface area contributed by atoms with Crippen LogP contribution < -0.4 is 10.3 Å². The Balaban J connectivity index is 1.42. The number of aromatic nitrogens is 2. The summed E-state index contributed by atoms with van der Waals surface area (Å²) in [4.78, 5) is 20.4. The molecule has 0 radical (unpaired) electrons. The van der Waals surface area contributed by atoms with Gasteiger partial charge >= 0.3 is 0 Å². The van der Waals surface area contributed by atoms with E-state index in [0.29, 0.717) is 18.5 Å². The van der Waals surface area contributed by atoms with Crippen LogP contribution in [0.4, 0.5) is 0 Å². The van der Waals surface area contributed by atoms with Crippen molar-refractivity contribution in [3.05, 3.63) is 64.4 Å². The Labute approximate surface area is 187 Å². The topological polar surface area (TPSA) is 56.6 Å². The van der Waals surface area contributed by atoms with Crippen molar-refractivity contribution in [2.45, 2.75) is 25.0 Å². The van der Waals surface area contributed by atoms with Gasteiger partial charge < -0.3 is 9.47 Å². The summed E-state index contributed by atoms with van der Waals surface area (Å²) in [5.74, 6) is 1.59. The number of para-hydroxylation sites is 1. The van der Waals surface area contributed by atoms with Crippen molar-refractivity contribution in [2.75, 3.05) is 45.2 Å². The largest absolute Gasteiger partial charge is 0.493 e. The normalized spacial score (nSPS) is 14.7. The van der Waals surface area contributed by atoms with Gasteiger partial charge in [-0.05, 0) is 37.6 Å². The van der Waals surface area contributed by atoms with Gasteiger partial charge in [0, 0.05) is 31.9 Å². The van der Waals surface area contributed by atoms with Crippen molar-refractivity contribution < 1.29 is 9.47 Å². The molecule has 7 heteroatoms. The second kappa shape index (κ2) is 10.8. The van der Waals surface area contributed by atoms with Gasteiger partial charge in [-0.3, -0.25) is 14.3 Å². The number of hydrogen-bond donors (Lipinski definition) is 0. The molecule has 0 saturated carbocycles. The van der Waals surface area contributed by atoms with Gasteiger partial charge in [0.2, 0.25) is 0 Å². The first kappa shape index (κ1) is 21.9. The summed E-state index contributed by atoms with van der Waals surface area (Å²) < 4.78 is 13.1. The average molecular weight is 440 g/mol. The molecule has 0 N–H and O–H groups in total. The molecule has 2 heterocycles. The van der Waals surface area contributed by atoms with Crippen molar-refractivity contribution in [3.63, 3.8) is 0 Å². The van der Waals surface area contributed by atoms with E-state index in [1.807, 2.05) is 53.1 Å². The van der Waals surface area contributed by atoms with Crippen LogP contribution in [0.1, 0.15) is 12.0 Å². The van der Waals surface area contributed by atoms with Crippen molar-refractivity contribution in [1.29, 1.82) is 0 Å². The zero-order valence-electron chi connectivity index (χ0n) is 18.0. The first-order chi connectivity index (χ1) is 15.2. The third kappa shape index (κ3) is 5.87. The molecular weight excluding hydrogens is 410 g/mol. The first-order valence-corrected chi connectivity index (χ1v) is 11.8. The van der Waals surface area contributed by atoms with E-state index >= 15 is 0 Å². The van der Waals surface area contributed by atoms with E-state index in [0.717, 1.165) is 61.4 Å². The van der Waals surface area contributed by atoms with E-state index in [1.165, 1.54) is 5.56 Å². The molecular formula is C24H29N3O3S. The first-order valence-electron chi connectivity index (χ1n) is 10.8. The van der Waals surface area contributed by atoms with Crippen LogP contribution in [0.15, 0.2) is 58.5 Å². The number of benzene rings is 2. The zero-order valence-corrected chi connectivity index (χ0v) is 18.8. The third-order valence-corrected chi connectivity index (χ3v) is 6.33. The fraction of sp³-hybridized carbons (Fsp3) is 0.417. The van der Waals surface area contributed by atoms with Crippen LogP contribution in [0.25, 0.3) is 10.9 Å². The molecule has 1 saturated heterocycles. The highest BCUT2D eigenvalue weighted by Crippen LogP contribution is 2.19. The SMILES string of the molecule is Cc1ccc(OCCSc2nc3ccccc3c(=O)n2CCCN2CCOCC2)cc1. The van der Waals surface area contributed by atoms with Crippen LogP contribution in [-0.2, 0) is 11.3 Å². The van der Waals surface area contributed by atoms with Gasteiger partial charge in [-0.1, -0.05) is 41.6 Å². The molecule has 1 aromatic heterocycles. The lowest BCUT2D eigenvalue weighted by molar-refractivity contribution is 0.0368. The smallest absolute Gasteiger partial charge is 0.262 e. The molecule has 31 heavy (non-hydrogen) atoms. The molecule has 4 rings (SSSR count). The van der Waals surface area contributed by atoms with Crippen molar-refractivity contribution in [3.8, 4) is 5.75 Å². The fourth-order valence-corrected chi connectivity index (χ4v) is 4.50. The van der Waals surface area contributed by atoms with Crippen LogP contribution in [0.5, 0.6) is 5.75 Å². The van der Waals surface area contributed by atoms with E-state index in [1.54, 1.807) is 11.8 Å². The summed E-state index contributed by atoms with van der Waals surface area (Å²) in [6.45, 7) is 7.75. The van der Waals surface area contributed by atoms with E-state index in [2.05, 4.69) is 11.8 Å². The molecule has 0 bridgehead atoms. The Bertz CT molecular complexity index is 1050.